The Balaban J connectivity index is 0.000000396. The lowest BCUT2D eigenvalue weighted by atomic mass is 9.94. The fourth-order valence-electron chi connectivity index (χ4n) is 4.19. The van der Waals surface area contributed by atoms with Crippen LogP contribution in [0.4, 0.5) is 13.2 Å². The molecule has 30 heavy (non-hydrogen) atoms. The smallest absolute Gasteiger partial charge is 0.475 e. The van der Waals surface area contributed by atoms with Gasteiger partial charge in [0.05, 0.1) is 6.04 Å². The summed E-state index contributed by atoms with van der Waals surface area (Å²) >= 11 is 0. The summed E-state index contributed by atoms with van der Waals surface area (Å²) < 4.78 is 36.7. The first-order valence-electron chi connectivity index (χ1n) is 9.98. The van der Waals surface area contributed by atoms with E-state index in [0.717, 1.165) is 25.6 Å². The Hall–Kier alpha value is -2.13. The van der Waals surface area contributed by atoms with Gasteiger partial charge < -0.3 is 20.1 Å². The topological polar surface area (TPSA) is 78.9 Å². The van der Waals surface area contributed by atoms with Crippen molar-refractivity contribution in [3.8, 4) is 0 Å². The quantitative estimate of drug-likeness (QED) is 0.725. The van der Waals surface area contributed by atoms with Gasteiger partial charge in [0.25, 0.3) is 0 Å². The molecule has 0 spiro atoms. The highest BCUT2D eigenvalue weighted by molar-refractivity contribution is 5.78. The first kappa shape index (κ1) is 24.1. The van der Waals surface area contributed by atoms with Gasteiger partial charge in [0, 0.05) is 38.6 Å². The van der Waals surface area contributed by atoms with Gasteiger partial charge in [0.15, 0.2) is 0 Å². The number of benzene rings is 1. The Morgan fingerprint density at radius 1 is 1.27 bits per heavy atom. The Kier molecular flexibility index (Phi) is 8.25. The van der Waals surface area contributed by atoms with E-state index >= 15 is 0 Å². The van der Waals surface area contributed by atoms with Crippen LogP contribution in [-0.2, 0) is 14.3 Å². The molecule has 0 saturated carbocycles. The zero-order valence-corrected chi connectivity index (χ0v) is 17.4. The molecule has 0 aromatic heterocycles. The van der Waals surface area contributed by atoms with E-state index in [2.05, 4.69) is 48.3 Å². The van der Waals surface area contributed by atoms with Crippen molar-refractivity contribution in [2.75, 3.05) is 33.4 Å². The zero-order chi connectivity index (χ0) is 22.5. The number of fused-ring (bicyclic) bond motifs is 3. The van der Waals surface area contributed by atoms with Gasteiger partial charge in [-0.1, -0.05) is 44.5 Å². The van der Waals surface area contributed by atoms with Crippen molar-refractivity contribution in [1.82, 2.24) is 10.2 Å². The van der Waals surface area contributed by atoms with E-state index in [0.29, 0.717) is 11.8 Å². The normalized spacial score (nSPS) is 23.7. The number of nitrogens with one attached hydrogen (secondary N) is 1. The van der Waals surface area contributed by atoms with E-state index < -0.39 is 12.1 Å². The van der Waals surface area contributed by atoms with Crippen molar-refractivity contribution in [1.29, 1.82) is 0 Å². The lowest BCUT2D eigenvalue weighted by molar-refractivity contribution is -0.192. The average molecular weight is 430 g/mol. The Morgan fingerprint density at radius 2 is 1.87 bits per heavy atom. The lowest BCUT2D eigenvalue weighted by Gasteiger charge is -2.24. The van der Waals surface area contributed by atoms with E-state index in [-0.39, 0.29) is 18.6 Å². The number of hydrogen-bond acceptors (Lipinski definition) is 4. The summed E-state index contributed by atoms with van der Waals surface area (Å²) in [5, 5.41) is 10.3. The molecule has 168 valence electrons. The average Bonchev–Trinajstić information content (AvgIpc) is 3.20. The number of aliphatic carboxylic acids is 1. The van der Waals surface area contributed by atoms with Crippen LogP contribution in [0.3, 0.4) is 0 Å². The van der Waals surface area contributed by atoms with Crippen molar-refractivity contribution >= 4 is 11.9 Å². The predicted molar refractivity (Wildman–Crippen MR) is 105 cm³/mol. The Labute approximate surface area is 174 Å². The molecule has 6 nitrogen and oxygen atoms in total. The second kappa shape index (κ2) is 10.3. The Bertz CT molecular complexity index is 741. The highest BCUT2D eigenvalue weighted by atomic mass is 19.4. The molecular weight excluding hydrogens is 401 g/mol. The summed E-state index contributed by atoms with van der Waals surface area (Å²) in [7, 11) is 1.56. The van der Waals surface area contributed by atoms with Gasteiger partial charge in [-0.25, -0.2) is 4.79 Å². The Morgan fingerprint density at radius 3 is 2.40 bits per heavy atom. The van der Waals surface area contributed by atoms with Crippen LogP contribution in [0.2, 0.25) is 0 Å². The molecule has 1 aromatic rings. The number of hydrogen-bond donors (Lipinski definition) is 2. The second-order valence-corrected chi connectivity index (χ2v) is 7.91. The van der Waals surface area contributed by atoms with Gasteiger partial charge >= 0.3 is 12.1 Å². The maximum atomic E-state index is 12.1. The molecule has 1 aliphatic heterocycles. The van der Waals surface area contributed by atoms with Crippen LogP contribution in [-0.4, -0.2) is 61.4 Å². The number of methoxy groups -OCH3 is 1. The summed E-state index contributed by atoms with van der Waals surface area (Å²) in [5.74, 6) is -1.02. The SMILES string of the molecule is CCC(C)CN1C[C@@H]2[C@H](NC(=O)COC)c3ccccc3[C@@H]2C1.O=C(O)C(F)(F)F. The standard InChI is InChI=1S/C19H28N2O2.C2HF3O2/c1-4-13(2)9-21-10-16-14-7-5-6-8-15(14)19(17(16)11-21)20-18(22)12-23-3;3-2(4,5)1(6)7/h5-8,13,16-17,19H,4,9-12H2,1-3H3,(H,20,22);(H,6,7)/t13?,16-,17-,19+;/m0./s1. The van der Waals surface area contributed by atoms with Gasteiger partial charge in [-0.05, 0) is 17.0 Å². The number of alkyl halides is 3. The number of nitrogens with zero attached hydrogens (tertiary/aromatic N) is 1. The van der Waals surface area contributed by atoms with Crippen molar-refractivity contribution in [2.24, 2.45) is 11.8 Å². The number of carboxylic acids is 1. The molecule has 3 rings (SSSR count). The molecule has 0 radical (unpaired) electrons. The molecule has 9 heteroatoms. The maximum Gasteiger partial charge on any atom is 0.490 e. The van der Waals surface area contributed by atoms with E-state index in [4.69, 9.17) is 14.6 Å². The van der Waals surface area contributed by atoms with Gasteiger partial charge in [-0.15, -0.1) is 0 Å². The molecule has 0 bridgehead atoms. The molecule has 1 fully saturated rings. The fourth-order valence-corrected chi connectivity index (χ4v) is 4.19. The molecule has 1 heterocycles. The molecule has 4 atom stereocenters. The summed E-state index contributed by atoms with van der Waals surface area (Å²) in [5.41, 5.74) is 2.72. The molecule has 2 N–H and O–H groups in total. The minimum absolute atomic E-state index is 0.0201. The predicted octanol–water partition coefficient (Wildman–Crippen LogP) is 3.20. The number of halogens is 3. The molecule has 1 aromatic carbocycles. The number of carboxylic acid groups (broad SMARTS) is 1. The first-order valence-corrected chi connectivity index (χ1v) is 9.98. The fraction of sp³-hybridized carbons (Fsp3) is 0.619. The highest BCUT2D eigenvalue weighted by Gasteiger charge is 2.46. The maximum absolute atomic E-state index is 12.1. The van der Waals surface area contributed by atoms with E-state index in [1.54, 1.807) is 7.11 Å². The largest absolute Gasteiger partial charge is 0.490 e. The van der Waals surface area contributed by atoms with Gasteiger partial charge in [0.2, 0.25) is 5.91 Å². The third kappa shape index (κ3) is 5.95. The molecular formula is C21H29F3N2O4. The molecule has 1 amide bonds. The third-order valence-electron chi connectivity index (χ3n) is 5.70. The summed E-state index contributed by atoms with van der Waals surface area (Å²) in [6.07, 6.45) is -3.86. The number of ether oxygens (including phenoxy) is 1. The summed E-state index contributed by atoms with van der Waals surface area (Å²) in [6, 6.07) is 8.73. The number of likely N-dealkylation sites (tertiary alicyclic amines) is 1. The van der Waals surface area contributed by atoms with Crippen LogP contribution in [0.1, 0.15) is 43.4 Å². The van der Waals surface area contributed by atoms with Crippen LogP contribution >= 0.6 is 0 Å². The third-order valence-corrected chi connectivity index (χ3v) is 5.70. The molecule has 1 unspecified atom stereocenters. The summed E-state index contributed by atoms with van der Waals surface area (Å²) in [4.78, 5) is 23.5. The highest BCUT2D eigenvalue weighted by Crippen LogP contribution is 2.49. The summed E-state index contributed by atoms with van der Waals surface area (Å²) in [6.45, 7) is 8.05. The van der Waals surface area contributed by atoms with Crippen molar-refractivity contribution in [2.45, 2.75) is 38.4 Å². The van der Waals surface area contributed by atoms with Gasteiger partial charge in [-0.3, -0.25) is 4.79 Å². The van der Waals surface area contributed by atoms with Gasteiger partial charge in [0.1, 0.15) is 6.61 Å². The minimum atomic E-state index is -5.08. The van der Waals surface area contributed by atoms with E-state index in [1.165, 1.54) is 17.5 Å². The first-order chi connectivity index (χ1) is 14.1. The number of amides is 1. The van der Waals surface area contributed by atoms with Crippen molar-refractivity contribution in [3.63, 3.8) is 0 Å². The molecule has 2 aliphatic rings. The van der Waals surface area contributed by atoms with Crippen LogP contribution in [0.5, 0.6) is 0 Å². The second-order valence-electron chi connectivity index (χ2n) is 7.91. The minimum Gasteiger partial charge on any atom is -0.475 e. The number of rotatable bonds is 6. The molecule has 1 saturated heterocycles. The van der Waals surface area contributed by atoms with E-state index in [1.807, 2.05) is 0 Å². The molecule has 1 aliphatic carbocycles. The van der Waals surface area contributed by atoms with Crippen molar-refractivity contribution < 1.29 is 32.6 Å². The monoisotopic (exact) mass is 430 g/mol. The van der Waals surface area contributed by atoms with Gasteiger partial charge in [-0.2, -0.15) is 13.2 Å². The van der Waals surface area contributed by atoms with Crippen LogP contribution in [0.25, 0.3) is 0 Å². The van der Waals surface area contributed by atoms with Crippen LogP contribution in [0, 0.1) is 11.8 Å². The lowest BCUT2D eigenvalue weighted by Crippen LogP contribution is -2.36. The number of carbonyl (C=O) groups excluding carboxylic acids is 1. The van der Waals surface area contributed by atoms with Crippen LogP contribution in [0.15, 0.2) is 24.3 Å². The van der Waals surface area contributed by atoms with E-state index in [9.17, 15) is 18.0 Å². The number of carbonyl (C=O) groups is 2. The van der Waals surface area contributed by atoms with Crippen molar-refractivity contribution in [3.05, 3.63) is 35.4 Å². The zero-order valence-electron chi connectivity index (χ0n) is 17.4. The van der Waals surface area contributed by atoms with Crippen LogP contribution < -0.4 is 5.32 Å².